The van der Waals surface area contributed by atoms with E-state index in [-0.39, 0.29) is 0 Å². The normalized spacial score (nSPS) is 50.5. The predicted octanol–water partition coefficient (Wildman–Crippen LogP) is 1.08. The third-order valence-electron chi connectivity index (χ3n) is 4.31. The zero-order valence-electron chi connectivity index (χ0n) is 8.50. The Balaban J connectivity index is 1.65. The highest BCUT2D eigenvalue weighted by Crippen LogP contribution is 2.38. The van der Waals surface area contributed by atoms with Gasteiger partial charge < -0.3 is 5.32 Å². The highest BCUT2D eigenvalue weighted by Gasteiger charge is 2.43. The fraction of sp³-hybridized carbons (Fsp3) is 1.00. The van der Waals surface area contributed by atoms with Gasteiger partial charge in [-0.1, -0.05) is 6.92 Å². The van der Waals surface area contributed by atoms with E-state index in [1.165, 1.54) is 38.9 Å². The van der Waals surface area contributed by atoms with Gasteiger partial charge in [-0.3, -0.25) is 4.90 Å². The van der Waals surface area contributed by atoms with Crippen molar-refractivity contribution in [3.8, 4) is 0 Å². The Morgan fingerprint density at radius 2 is 2.08 bits per heavy atom. The van der Waals surface area contributed by atoms with Gasteiger partial charge in [0, 0.05) is 18.6 Å². The summed E-state index contributed by atoms with van der Waals surface area (Å²) in [6.07, 6.45) is 4.37. The van der Waals surface area contributed by atoms with E-state index in [0.29, 0.717) is 0 Å². The highest BCUT2D eigenvalue weighted by molar-refractivity contribution is 4.99. The summed E-state index contributed by atoms with van der Waals surface area (Å²) in [6.45, 7) is 6.31. The zero-order valence-corrected chi connectivity index (χ0v) is 8.50. The van der Waals surface area contributed by atoms with Crippen LogP contribution in [0.2, 0.25) is 0 Å². The van der Waals surface area contributed by atoms with E-state index in [9.17, 15) is 0 Å². The molecule has 3 fully saturated rings. The summed E-state index contributed by atoms with van der Waals surface area (Å²) in [5, 5.41) is 3.53. The van der Waals surface area contributed by atoms with Gasteiger partial charge in [0.05, 0.1) is 0 Å². The lowest BCUT2D eigenvalue weighted by molar-refractivity contribution is 0.0757. The summed E-state index contributed by atoms with van der Waals surface area (Å²) in [5.41, 5.74) is 0. The smallest absolute Gasteiger partial charge is 0.0264 e. The second-order valence-electron chi connectivity index (χ2n) is 5.24. The molecule has 1 saturated carbocycles. The number of nitrogens with one attached hydrogen (secondary N) is 1. The number of rotatable bonds is 1. The summed E-state index contributed by atoms with van der Waals surface area (Å²) in [4.78, 5) is 2.80. The van der Waals surface area contributed by atoms with Crippen LogP contribution in [-0.2, 0) is 0 Å². The lowest BCUT2D eigenvalue weighted by Gasteiger charge is -2.42. The number of fused-ring (bicyclic) bond motifs is 1. The Morgan fingerprint density at radius 3 is 2.85 bits per heavy atom. The van der Waals surface area contributed by atoms with Crippen molar-refractivity contribution >= 4 is 0 Å². The van der Waals surface area contributed by atoms with E-state index in [4.69, 9.17) is 0 Å². The summed E-state index contributed by atoms with van der Waals surface area (Å²) >= 11 is 0. The average molecular weight is 180 g/mol. The Bertz CT molecular complexity index is 198. The van der Waals surface area contributed by atoms with Crippen molar-refractivity contribution in [3.05, 3.63) is 0 Å². The van der Waals surface area contributed by atoms with Crippen LogP contribution in [0, 0.1) is 11.8 Å². The van der Waals surface area contributed by atoms with Crippen LogP contribution in [0.5, 0.6) is 0 Å². The third-order valence-corrected chi connectivity index (χ3v) is 4.31. The Labute approximate surface area is 80.7 Å². The molecular formula is C11H20N2. The van der Waals surface area contributed by atoms with Crippen LogP contribution in [0.25, 0.3) is 0 Å². The molecule has 2 nitrogen and oxygen atoms in total. The average Bonchev–Trinajstić information content (AvgIpc) is 2.58. The van der Waals surface area contributed by atoms with Crippen molar-refractivity contribution in [2.24, 2.45) is 11.8 Å². The Kier molecular flexibility index (Phi) is 1.88. The van der Waals surface area contributed by atoms with Gasteiger partial charge in [0.2, 0.25) is 0 Å². The first kappa shape index (κ1) is 8.25. The van der Waals surface area contributed by atoms with Gasteiger partial charge in [0.15, 0.2) is 0 Å². The van der Waals surface area contributed by atoms with Crippen molar-refractivity contribution in [1.29, 1.82) is 0 Å². The fourth-order valence-electron chi connectivity index (χ4n) is 3.47. The van der Waals surface area contributed by atoms with Crippen molar-refractivity contribution < 1.29 is 0 Å². The molecular weight excluding hydrogens is 160 g/mol. The lowest BCUT2D eigenvalue weighted by atomic mass is 9.80. The molecule has 0 amide bonds. The summed E-state index contributed by atoms with van der Waals surface area (Å²) in [6, 6.07) is 1.85. The van der Waals surface area contributed by atoms with Crippen LogP contribution in [-0.4, -0.2) is 36.6 Å². The minimum atomic E-state index is 0.900. The zero-order chi connectivity index (χ0) is 8.84. The van der Waals surface area contributed by atoms with E-state index in [2.05, 4.69) is 17.1 Å². The number of hydrogen-bond acceptors (Lipinski definition) is 2. The molecule has 2 saturated heterocycles. The van der Waals surface area contributed by atoms with Crippen LogP contribution in [0.15, 0.2) is 0 Å². The molecule has 0 aromatic rings. The monoisotopic (exact) mass is 180 g/mol. The summed E-state index contributed by atoms with van der Waals surface area (Å²) in [5.74, 6) is 1.98. The van der Waals surface area contributed by atoms with Gasteiger partial charge in [0.25, 0.3) is 0 Å². The van der Waals surface area contributed by atoms with Gasteiger partial charge in [0.1, 0.15) is 0 Å². The van der Waals surface area contributed by atoms with Crippen LogP contribution < -0.4 is 5.32 Å². The molecule has 1 N–H and O–H groups in total. The molecule has 0 spiro atoms. The van der Waals surface area contributed by atoms with Crippen LogP contribution in [0.4, 0.5) is 0 Å². The fourth-order valence-corrected chi connectivity index (χ4v) is 3.47. The van der Waals surface area contributed by atoms with E-state index in [1.54, 1.807) is 0 Å². The number of nitrogens with zero attached hydrogens (tertiary/aromatic N) is 1. The molecule has 2 aliphatic heterocycles. The Morgan fingerprint density at radius 1 is 1.23 bits per heavy atom. The molecule has 0 aromatic heterocycles. The highest BCUT2D eigenvalue weighted by atomic mass is 15.3. The minimum Gasteiger partial charge on any atom is -0.315 e. The molecule has 0 bridgehead atoms. The van der Waals surface area contributed by atoms with Gasteiger partial charge in [-0.2, -0.15) is 0 Å². The van der Waals surface area contributed by atoms with Crippen LogP contribution in [0.3, 0.4) is 0 Å². The lowest BCUT2D eigenvalue weighted by Crippen LogP contribution is -2.48. The number of likely N-dealkylation sites (tertiary alicyclic amines) is 1. The summed E-state index contributed by atoms with van der Waals surface area (Å²) < 4.78 is 0. The topological polar surface area (TPSA) is 15.3 Å². The molecule has 13 heavy (non-hydrogen) atoms. The quantitative estimate of drug-likeness (QED) is 0.649. The van der Waals surface area contributed by atoms with Crippen molar-refractivity contribution in [3.63, 3.8) is 0 Å². The molecule has 1 aliphatic carbocycles. The second kappa shape index (κ2) is 2.96. The molecule has 0 radical (unpaired) electrons. The minimum absolute atomic E-state index is 0.900. The molecule has 0 aromatic carbocycles. The maximum atomic E-state index is 3.53. The summed E-state index contributed by atoms with van der Waals surface area (Å²) in [7, 11) is 0. The van der Waals surface area contributed by atoms with Gasteiger partial charge in [-0.15, -0.1) is 0 Å². The van der Waals surface area contributed by atoms with Crippen molar-refractivity contribution in [1.82, 2.24) is 10.2 Å². The van der Waals surface area contributed by atoms with Crippen molar-refractivity contribution in [2.45, 2.75) is 38.3 Å². The predicted molar refractivity (Wildman–Crippen MR) is 53.7 cm³/mol. The van der Waals surface area contributed by atoms with Gasteiger partial charge in [-0.25, -0.2) is 0 Å². The van der Waals surface area contributed by atoms with Gasteiger partial charge in [-0.05, 0) is 44.2 Å². The van der Waals surface area contributed by atoms with E-state index in [1.807, 2.05) is 0 Å². The standard InChI is InChI=1S/C11H20N2/c1-8-4-10(5-8)13-3-2-9-6-12-7-11(9)13/h8-12H,2-7H2,1H3/t8?,9-,10?,11+/m1/s1. The van der Waals surface area contributed by atoms with E-state index >= 15 is 0 Å². The first-order valence-corrected chi connectivity index (χ1v) is 5.81. The largest absolute Gasteiger partial charge is 0.315 e. The molecule has 74 valence electrons. The maximum absolute atomic E-state index is 3.53. The van der Waals surface area contributed by atoms with E-state index in [0.717, 1.165) is 23.9 Å². The first-order chi connectivity index (χ1) is 6.34. The van der Waals surface area contributed by atoms with Gasteiger partial charge >= 0.3 is 0 Å². The third kappa shape index (κ3) is 1.23. The number of hydrogen-bond donors (Lipinski definition) is 1. The molecule has 3 aliphatic rings. The molecule has 0 unspecified atom stereocenters. The van der Waals surface area contributed by atoms with Crippen LogP contribution in [0.1, 0.15) is 26.2 Å². The molecule has 2 heterocycles. The van der Waals surface area contributed by atoms with E-state index < -0.39 is 0 Å². The maximum Gasteiger partial charge on any atom is 0.0264 e. The Hall–Kier alpha value is -0.0800. The molecule has 2 heteroatoms. The van der Waals surface area contributed by atoms with Crippen LogP contribution >= 0.6 is 0 Å². The van der Waals surface area contributed by atoms with Crippen molar-refractivity contribution in [2.75, 3.05) is 19.6 Å². The molecule has 2 atom stereocenters. The SMILES string of the molecule is CC1CC(N2CC[C@@H]3CNC[C@@H]32)C1. The first-order valence-electron chi connectivity index (χ1n) is 5.81. The molecule has 3 rings (SSSR count). The second-order valence-corrected chi connectivity index (χ2v) is 5.24.